The van der Waals surface area contributed by atoms with Crippen LogP contribution in [0.25, 0.3) is 0 Å². The molecule has 0 aliphatic heterocycles. The van der Waals surface area contributed by atoms with Gasteiger partial charge < -0.3 is 9.22 Å². The molecule has 0 fully saturated rings. The normalized spacial score (nSPS) is 11.5. The van der Waals surface area contributed by atoms with Gasteiger partial charge in [0, 0.05) is 6.61 Å². The quantitative estimate of drug-likeness (QED) is 0.155. The molecule has 0 N–H and O–H groups in total. The van der Waals surface area contributed by atoms with Crippen molar-refractivity contribution in [3.05, 3.63) is 0 Å². The minimum atomic E-state index is 0. The van der Waals surface area contributed by atoms with E-state index in [1.165, 1.54) is 103 Å². The fourth-order valence-electron chi connectivity index (χ4n) is 3.19. The van der Waals surface area contributed by atoms with E-state index >= 15 is 0 Å². The Morgan fingerprint density at radius 3 is 1.19 bits per heavy atom. The highest BCUT2D eigenvalue weighted by atomic mass is 35.5. The van der Waals surface area contributed by atoms with E-state index in [-0.39, 0.29) is 12.4 Å². The molecular formula is C23H51ClNO+. The summed E-state index contributed by atoms with van der Waals surface area (Å²) in [6.07, 6.45) is 22.9. The van der Waals surface area contributed by atoms with Crippen LogP contribution in [0.5, 0.6) is 0 Å². The summed E-state index contributed by atoms with van der Waals surface area (Å²) in [6, 6.07) is 0. The summed E-state index contributed by atoms with van der Waals surface area (Å²) >= 11 is 0. The smallest absolute Gasteiger partial charge is 0.102 e. The highest BCUT2D eigenvalue weighted by Gasteiger charge is 2.05. The van der Waals surface area contributed by atoms with E-state index in [1.54, 1.807) is 0 Å². The van der Waals surface area contributed by atoms with Crippen molar-refractivity contribution in [1.29, 1.82) is 0 Å². The molecule has 0 atom stereocenters. The fourth-order valence-corrected chi connectivity index (χ4v) is 3.19. The van der Waals surface area contributed by atoms with Crippen LogP contribution in [0.3, 0.4) is 0 Å². The maximum atomic E-state index is 5.71. The van der Waals surface area contributed by atoms with Crippen LogP contribution in [-0.4, -0.2) is 45.4 Å². The van der Waals surface area contributed by atoms with Crippen molar-refractivity contribution in [3.8, 4) is 0 Å². The summed E-state index contributed by atoms with van der Waals surface area (Å²) in [6.45, 7) is 5.27. The molecule has 0 saturated heterocycles. The van der Waals surface area contributed by atoms with Gasteiger partial charge in [-0.3, -0.25) is 0 Å². The Morgan fingerprint density at radius 1 is 0.500 bits per heavy atom. The van der Waals surface area contributed by atoms with Gasteiger partial charge in [-0.1, -0.05) is 103 Å². The summed E-state index contributed by atoms with van der Waals surface area (Å²) in [7, 11) is 6.66. The third-order valence-electron chi connectivity index (χ3n) is 5.05. The van der Waals surface area contributed by atoms with E-state index in [9.17, 15) is 0 Å². The molecule has 0 aromatic heterocycles. The second-order valence-electron chi connectivity index (χ2n) is 8.93. The predicted octanol–water partition coefficient (Wildman–Crippen LogP) is 7.39. The largest absolute Gasteiger partial charge is 0.376 e. The molecule has 26 heavy (non-hydrogen) atoms. The van der Waals surface area contributed by atoms with Crippen LogP contribution in [0.4, 0.5) is 0 Å². The Balaban J connectivity index is 0. The molecule has 0 bridgehead atoms. The number of hydrogen-bond acceptors (Lipinski definition) is 1. The molecule has 0 aliphatic carbocycles. The topological polar surface area (TPSA) is 9.23 Å². The number of rotatable bonds is 20. The first-order chi connectivity index (χ1) is 12.1. The molecule has 0 aromatic carbocycles. The molecule has 0 unspecified atom stereocenters. The summed E-state index contributed by atoms with van der Waals surface area (Å²) in [5.74, 6) is 0. The molecule has 3 heteroatoms. The van der Waals surface area contributed by atoms with Crippen molar-refractivity contribution in [2.24, 2.45) is 0 Å². The van der Waals surface area contributed by atoms with Crippen molar-refractivity contribution in [2.75, 3.05) is 40.9 Å². The van der Waals surface area contributed by atoms with Crippen LogP contribution in [0.2, 0.25) is 0 Å². The zero-order valence-electron chi connectivity index (χ0n) is 18.7. The maximum Gasteiger partial charge on any atom is 0.102 e. The van der Waals surface area contributed by atoms with Gasteiger partial charge in [0.15, 0.2) is 0 Å². The van der Waals surface area contributed by atoms with Gasteiger partial charge in [-0.25, -0.2) is 0 Å². The molecule has 0 rings (SSSR count). The summed E-state index contributed by atoms with van der Waals surface area (Å²) in [4.78, 5) is 0. The van der Waals surface area contributed by atoms with Gasteiger partial charge in [0.2, 0.25) is 0 Å². The van der Waals surface area contributed by atoms with E-state index in [0.29, 0.717) is 0 Å². The maximum absolute atomic E-state index is 5.71. The summed E-state index contributed by atoms with van der Waals surface area (Å²) in [5.41, 5.74) is 0. The molecular weight excluding hydrogens is 342 g/mol. The first kappa shape index (κ1) is 28.4. The van der Waals surface area contributed by atoms with E-state index in [0.717, 1.165) is 24.2 Å². The molecule has 0 amide bonds. The Hall–Kier alpha value is 0.210. The third kappa shape index (κ3) is 26.4. The second-order valence-corrected chi connectivity index (χ2v) is 8.93. The highest BCUT2D eigenvalue weighted by molar-refractivity contribution is 5.85. The first-order valence-electron chi connectivity index (χ1n) is 11.4. The van der Waals surface area contributed by atoms with E-state index in [2.05, 4.69) is 28.1 Å². The number of halogens is 1. The van der Waals surface area contributed by atoms with Gasteiger partial charge in [0.1, 0.15) is 6.54 Å². The number of hydrogen-bond donors (Lipinski definition) is 0. The fraction of sp³-hybridized carbons (Fsp3) is 1.00. The zero-order valence-corrected chi connectivity index (χ0v) is 19.5. The van der Waals surface area contributed by atoms with Crippen molar-refractivity contribution in [1.82, 2.24) is 0 Å². The highest BCUT2D eigenvalue weighted by Crippen LogP contribution is 2.13. The Kier molecular flexibility index (Phi) is 23.5. The molecule has 0 aliphatic rings. The van der Waals surface area contributed by atoms with Crippen molar-refractivity contribution in [3.63, 3.8) is 0 Å². The van der Waals surface area contributed by atoms with Crippen LogP contribution in [0.15, 0.2) is 0 Å². The van der Waals surface area contributed by atoms with Gasteiger partial charge >= 0.3 is 0 Å². The molecule has 2 nitrogen and oxygen atoms in total. The number of quaternary nitrogens is 1. The van der Waals surface area contributed by atoms with Crippen molar-refractivity contribution < 1.29 is 9.22 Å². The van der Waals surface area contributed by atoms with Gasteiger partial charge in [0.05, 0.1) is 27.7 Å². The molecule has 0 saturated carbocycles. The first-order valence-corrected chi connectivity index (χ1v) is 11.4. The number of unbranched alkanes of at least 4 members (excludes halogenated alkanes) is 15. The molecule has 0 radical (unpaired) electrons. The monoisotopic (exact) mass is 392 g/mol. The van der Waals surface area contributed by atoms with E-state index in [1.807, 2.05) is 0 Å². The molecule has 0 aromatic rings. The van der Waals surface area contributed by atoms with Crippen LogP contribution in [0.1, 0.15) is 110 Å². The standard InChI is InChI=1S/C23H50NO.ClH/c1-5-6-7-8-9-10-11-12-13-14-15-16-17-18-19-20-22-25-23-21-24(2,3)4;/h5-23H2,1-4H3;1H/q+1;. The summed E-state index contributed by atoms with van der Waals surface area (Å²) < 4.78 is 6.71. The minimum absolute atomic E-state index is 0. The average Bonchev–Trinajstić information content (AvgIpc) is 2.56. The zero-order chi connectivity index (χ0) is 18.6. The number of likely N-dealkylation sites (N-methyl/N-ethyl adjacent to an activating group) is 1. The van der Waals surface area contributed by atoms with Crippen LogP contribution < -0.4 is 0 Å². The van der Waals surface area contributed by atoms with E-state index in [4.69, 9.17) is 4.74 Å². The Labute approximate surface area is 172 Å². The van der Waals surface area contributed by atoms with Crippen LogP contribution in [0, 0.1) is 0 Å². The van der Waals surface area contributed by atoms with Crippen molar-refractivity contribution in [2.45, 2.75) is 110 Å². The summed E-state index contributed by atoms with van der Waals surface area (Å²) in [5, 5.41) is 0. The predicted molar refractivity (Wildman–Crippen MR) is 121 cm³/mol. The van der Waals surface area contributed by atoms with Gasteiger partial charge in [-0.05, 0) is 6.42 Å². The number of nitrogens with zero attached hydrogens (tertiary/aromatic N) is 1. The van der Waals surface area contributed by atoms with Gasteiger partial charge in [-0.15, -0.1) is 12.4 Å². The SMILES string of the molecule is CCCCCCCCCCCCCCCCCCOCC[N+](C)(C)C.Cl. The Bertz CT molecular complexity index is 253. The average molecular weight is 393 g/mol. The van der Waals surface area contributed by atoms with Crippen molar-refractivity contribution >= 4 is 12.4 Å². The van der Waals surface area contributed by atoms with Crippen LogP contribution in [-0.2, 0) is 4.74 Å². The molecule has 0 spiro atoms. The molecule has 0 heterocycles. The lowest BCUT2D eigenvalue weighted by Crippen LogP contribution is -2.37. The third-order valence-corrected chi connectivity index (χ3v) is 5.05. The lowest BCUT2D eigenvalue weighted by Gasteiger charge is -2.23. The lowest BCUT2D eigenvalue weighted by molar-refractivity contribution is -0.870. The van der Waals surface area contributed by atoms with Crippen LogP contribution >= 0.6 is 12.4 Å². The lowest BCUT2D eigenvalue weighted by atomic mass is 10.0. The van der Waals surface area contributed by atoms with E-state index < -0.39 is 0 Å². The second kappa shape index (κ2) is 21.5. The van der Waals surface area contributed by atoms with Gasteiger partial charge in [0.25, 0.3) is 0 Å². The number of ether oxygens (including phenoxy) is 1. The molecule has 160 valence electrons. The van der Waals surface area contributed by atoms with Gasteiger partial charge in [-0.2, -0.15) is 0 Å². The Morgan fingerprint density at radius 2 is 0.846 bits per heavy atom. The minimum Gasteiger partial charge on any atom is -0.376 e.